The molecule has 0 N–H and O–H groups in total. The molecule has 0 bridgehead atoms. The number of rotatable bonds is 3. The summed E-state index contributed by atoms with van der Waals surface area (Å²) in [6.07, 6.45) is 7.29. The number of fused-ring (bicyclic) bond motifs is 1. The molecule has 0 aromatic carbocycles. The maximum atomic E-state index is 4.63. The van der Waals surface area contributed by atoms with E-state index >= 15 is 0 Å². The average molecular weight is 324 g/mol. The lowest BCUT2D eigenvalue weighted by atomic mass is 10.3. The van der Waals surface area contributed by atoms with Gasteiger partial charge in [-0.3, -0.25) is 0 Å². The quantitative estimate of drug-likeness (QED) is 0.709. The van der Waals surface area contributed by atoms with Gasteiger partial charge in [-0.1, -0.05) is 0 Å². The highest BCUT2D eigenvalue weighted by atomic mass is 15.4. The van der Waals surface area contributed by atoms with Gasteiger partial charge in [-0.2, -0.15) is 10.1 Å². The molecule has 8 nitrogen and oxygen atoms in total. The van der Waals surface area contributed by atoms with Gasteiger partial charge in [0.25, 0.3) is 0 Å². The molecule has 1 aliphatic heterocycles. The summed E-state index contributed by atoms with van der Waals surface area (Å²) in [7, 11) is 3.98. The summed E-state index contributed by atoms with van der Waals surface area (Å²) in [5.74, 6) is 2.70. The average Bonchev–Trinajstić information content (AvgIpc) is 3.11. The first-order chi connectivity index (χ1) is 11.7. The molecule has 0 unspecified atom stereocenters. The Morgan fingerprint density at radius 2 is 1.71 bits per heavy atom. The van der Waals surface area contributed by atoms with Gasteiger partial charge in [0, 0.05) is 58.9 Å². The summed E-state index contributed by atoms with van der Waals surface area (Å²) < 4.78 is 1.86. The second-order valence-corrected chi connectivity index (χ2v) is 6.00. The molecule has 124 valence electrons. The monoisotopic (exact) mass is 324 g/mol. The zero-order valence-electron chi connectivity index (χ0n) is 13.9. The Bertz CT molecular complexity index is 835. The molecule has 0 amide bonds. The lowest BCUT2D eigenvalue weighted by Crippen LogP contribution is -2.47. The SMILES string of the molecule is CN(C)c1ccnc(N2CCN(c3nccn4nccc34)CC2)n1. The predicted octanol–water partition coefficient (Wildman–Crippen LogP) is 0.912. The molecule has 3 aromatic heterocycles. The van der Waals surface area contributed by atoms with Crippen molar-refractivity contribution in [3.05, 3.63) is 36.9 Å². The van der Waals surface area contributed by atoms with Crippen LogP contribution in [0.15, 0.2) is 36.9 Å². The van der Waals surface area contributed by atoms with Crippen LogP contribution in [0.25, 0.3) is 5.52 Å². The minimum atomic E-state index is 0.788. The van der Waals surface area contributed by atoms with Crippen LogP contribution in [0.4, 0.5) is 17.6 Å². The van der Waals surface area contributed by atoms with E-state index in [0.29, 0.717) is 0 Å². The van der Waals surface area contributed by atoms with Gasteiger partial charge < -0.3 is 14.7 Å². The van der Waals surface area contributed by atoms with Crippen molar-refractivity contribution in [1.29, 1.82) is 0 Å². The first-order valence-corrected chi connectivity index (χ1v) is 8.01. The van der Waals surface area contributed by atoms with Crippen LogP contribution in [0.1, 0.15) is 0 Å². The molecule has 0 radical (unpaired) electrons. The molecule has 0 atom stereocenters. The number of piperazine rings is 1. The van der Waals surface area contributed by atoms with E-state index < -0.39 is 0 Å². The van der Waals surface area contributed by atoms with Crippen molar-refractivity contribution < 1.29 is 0 Å². The summed E-state index contributed by atoms with van der Waals surface area (Å²) >= 11 is 0. The molecule has 1 saturated heterocycles. The van der Waals surface area contributed by atoms with Crippen LogP contribution in [-0.4, -0.2) is 64.8 Å². The number of nitrogens with zero attached hydrogens (tertiary/aromatic N) is 8. The molecule has 24 heavy (non-hydrogen) atoms. The van der Waals surface area contributed by atoms with Gasteiger partial charge >= 0.3 is 0 Å². The van der Waals surface area contributed by atoms with Gasteiger partial charge in [0.05, 0.1) is 6.20 Å². The molecular weight excluding hydrogens is 304 g/mol. The van der Waals surface area contributed by atoms with E-state index in [9.17, 15) is 0 Å². The highest BCUT2D eigenvalue weighted by Crippen LogP contribution is 2.21. The van der Waals surface area contributed by atoms with Crippen LogP contribution in [-0.2, 0) is 0 Å². The van der Waals surface area contributed by atoms with Crippen molar-refractivity contribution in [2.24, 2.45) is 0 Å². The summed E-state index contributed by atoms with van der Waals surface area (Å²) in [5.41, 5.74) is 1.04. The van der Waals surface area contributed by atoms with Crippen LogP contribution in [0, 0.1) is 0 Å². The van der Waals surface area contributed by atoms with E-state index in [2.05, 4.69) is 29.9 Å². The first-order valence-electron chi connectivity index (χ1n) is 8.01. The van der Waals surface area contributed by atoms with E-state index in [1.54, 1.807) is 12.4 Å². The highest BCUT2D eigenvalue weighted by molar-refractivity contribution is 5.68. The zero-order chi connectivity index (χ0) is 16.5. The maximum Gasteiger partial charge on any atom is 0.227 e. The van der Waals surface area contributed by atoms with Gasteiger partial charge in [-0.25, -0.2) is 14.5 Å². The minimum Gasteiger partial charge on any atom is -0.363 e. The standard InChI is InChI=1S/C16H20N8/c1-21(2)14-4-5-18-16(20-14)23-11-9-22(10-12-23)15-13-3-6-19-24(13)8-7-17-15/h3-8H,9-12H2,1-2H3. The van der Waals surface area contributed by atoms with Gasteiger partial charge in [0.1, 0.15) is 11.3 Å². The van der Waals surface area contributed by atoms with Crippen LogP contribution in [0.2, 0.25) is 0 Å². The van der Waals surface area contributed by atoms with E-state index in [1.807, 2.05) is 48.0 Å². The second-order valence-electron chi connectivity index (χ2n) is 6.00. The topological polar surface area (TPSA) is 65.7 Å². The van der Waals surface area contributed by atoms with Gasteiger partial charge in [-0.15, -0.1) is 0 Å². The van der Waals surface area contributed by atoms with Crippen LogP contribution in [0.5, 0.6) is 0 Å². The van der Waals surface area contributed by atoms with E-state index in [1.165, 1.54) is 0 Å². The Morgan fingerprint density at radius 3 is 2.50 bits per heavy atom. The second kappa shape index (κ2) is 5.95. The van der Waals surface area contributed by atoms with Crippen LogP contribution < -0.4 is 14.7 Å². The Hall–Kier alpha value is -2.90. The highest BCUT2D eigenvalue weighted by Gasteiger charge is 2.21. The third-order valence-corrected chi connectivity index (χ3v) is 4.25. The summed E-state index contributed by atoms with van der Waals surface area (Å²) in [4.78, 5) is 20.1. The third-order valence-electron chi connectivity index (χ3n) is 4.25. The zero-order valence-corrected chi connectivity index (χ0v) is 13.9. The Balaban J connectivity index is 1.51. The molecular formula is C16H20N8. The largest absolute Gasteiger partial charge is 0.363 e. The fourth-order valence-corrected chi connectivity index (χ4v) is 2.95. The summed E-state index contributed by atoms with van der Waals surface area (Å²) in [6, 6.07) is 3.92. The van der Waals surface area contributed by atoms with Crippen molar-refractivity contribution in [3.8, 4) is 0 Å². The molecule has 4 heterocycles. The maximum absolute atomic E-state index is 4.63. The number of aromatic nitrogens is 5. The van der Waals surface area contributed by atoms with Gasteiger partial charge in [0.2, 0.25) is 5.95 Å². The lowest BCUT2D eigenvalue weighted by molar-refractivity contribution is 0.634. The third kappa shape index (κ3) is 2.60. The molecule has 0 aliphatic carbocycles. The molecule has 1 aliphatic rings. The molecule has 1 fully saturated rings. The Kier molecular flexibility index (Phi) is 3.64. The van der Waals surface area contributed by atoms with Gasteiger partial charge in [-0.05, 0) is 12.1 Å². The van der Waals surface area contributed by atoms with Crippen LogP contribution >= 0.6 is 0 Å². The predicted molar refractivity (Wildman–Crippen MR) is 93.8 cm³/mol. The van der Waals surface area contributed by atoms with Crippen molar-refractivity contribution in [2.75, 3.05) is 55.0 Å². The van der Waals surface area contributed by atoms with E-state index in [-0.39, 0.29) is 0 Å². The molecule has 0 spiro atoms. The van der Waals surface area contributed by atoms with Crippen molar-refractivity contribution in [1.82, 2.24) is 24.6 Å². The van der Waals surface area contributed by atoms with E-state index in [0.717, 1.165) is 49.3 Å². The minimum absolute atomic E-state index is 0.788. The lowest BCUT2D eigenvalue weighted by Gasteiger charge is -2.35. The molecule has 4 rings (SSSR count). The van der Waals surface area contributed by atoms with Crippen molar-refractivity contribution in [3.63, 3.8) is 0 Å². The van der Waals surface area contributed by atoms with Crippen molar-refractivity contribution >= 4 is 23.1 Å². The smallest absolute Gasteiger partial charge is 0.227 e. The summed E-state index contributed by atoms with van der Waals surface area (Å²) in [6.45, 7) is 3.50. The molecule has 8 heteroatoms. The van der Waals surface area contributed by atoms with Gasteiger partial charge in [0.15, 0.2) is 5.82 Å². The Labute approximate surface area is 140 Å². The fourth-order valence-electron chi connectivity index (χ4n) is 2.95. The number of hydrogen-bond donors (Lipinski definition) is 0. The van der Waals surface area contributed by atoms with Crippen molar-refractivity contribution in [2.45, 2.75) is 0 Å². The van der Waals surface area contributed by atoms with E-state index in [4.69, 9.17) is 0 Å². The Morgan fingerprint density at radius 1 is 0.917 bits per heavy atom. The number of anilines is 3. The fraction of sp³-hybridized carbons (Fsp3) is 0.375. The first kappa shape index (κ1) is 14.7. The molecule has 3 aromatic rings. The summed E-state index contributed by atoms with van der Waals surface area (Å²) in [5, 5.41) is 4.28. The normalized spacial score (nSPS) is 15.1. The number of hydrogen-bond acceptors (Lipinski definition) is 7. The molecule has 0 saturated carbocycles. The van der Waals surface area contributed by atoms with Crippen LogP contribution in [0.3, 0.4) is 0 Å².